The van der Waals surface area contributed by atoms with Crippen molar-refractivity contribution < 1.29 is 0 Å². The molecule has 0 saturated carbocycles. The van der Waals surface area contributed by atoms with Gasteiger partial charge in [0.1, 0.15) is 5.82 Å². The highest BCUT2D eigenvalue weighted by Crippen LogP contribution is 2.18. The minimum absolute atomic E-state index is 0.529. The Morgan fingerprint density at radius 2 is 1.68 bits per heavy atom. The highest BCUT2D eigenvalue weighted by molar-refractivity contribution is 6.13. The number of aromatic nitrogens is 1. The second-order valence-corrected chi connectivity index (χ2v) is 6.52. The highest BCUT2D eigenvalue weighted by atomic mass is 15.0. The molecule has 0 atom stereocenters. The molecule has 134 valence electrons. The Bertz CT molecular complexity index is 647. The Kier molecular flexibility index (Phi) is 8.17. The second-order valence-electron chi connectivity index (χ2n) is 6.52. The maximum absolute atomic E-state index is 8.55. The van der Waals surface area contributed by atoms with Crippen LogP contribution >= 0.6 is 0 Å². The maximum atomic E-state index is 8.55. The monoisotopic (exact) mass is 337 g/mol. The van der Waals surface area contributed by atoms with Gasteiger partial charge in [0.25, 0.3) is 0 Å². The van der Waals surface area contributed by atoms with E-state index in [9.17, 15) is 0 Å². The number of anilines is 1. The van der Waals surface area contributed by atoms with Gasteiger partial charge in [-0.05, 0) is 30.5 Å². The molecule has 0 spiro atoms. The normalized spacial score (nSPS) is 10.6. The minimum atomic E-state index is 0.529. The van der Waals surface area contributed by atoms with Crippen LogP contribution in [0.15, 0.2) is 42.6 Å². The molecule has 1 aromatic carbocycles. The van der Waals surface area contributed by atoms with E-state index in [0.717, 1.165) is 36.3 Å². The van der Waals surface area contributed by atoms with E-state index in [1.54, 1.807) is 6.20 Å². The van der Waals surface area contributed by atoms with Crippen LogP contribution in [0.5, 0.6) is 0 Å². The molecule has 1 aromatic heterocycles. The van der Waals surface area contributed by atoms with Crippen LogP contribution in [0.1, 0.15) is 69.1 Å². The molecule has 25 heavy (non-hydrogen) atoms. The van der Waals surface area contributed by atoms with Crippen LogP contribution in [-0.2, 0) is 6.42 Å². The Morgan fingerprint density at radius 3 is 2.40 bits per heavy atom. The van der Waals surface area contributed by atoms with Gasteiger partial charge in [0.05, 0.1) is 5.71 Å². The molecule has 0 radical (unpaired) electrons. The quantitative estimate of drug-likeness (QED) is 0.400. The number of rotatable bonds is 11. The topological polar surface area (TPSA) is 48.8 Å². The molecule has 3 heteroatoms. The fraction of sp³-hybridized carbons (Fsp3) is 0.455. The summed E-state index contributed by atoms with van der Waals surface area (Å²) in [6.07, 6.45) is 10.5. The molecule has 2 rings (SSSR count). The molecular weight excluding hydrogens is 306 g/mol. The maximum Gasteiger partial charge on any atom is 0.135 e. The van der Waals surface area contributed by atoms with Gasteiger partial charge in [-0.15, -0.1) is 0 Å². The SMILES string of the molecule is CCCCCCCCNc1ncccc1C(=N)c1ccc(CC)cc1. The lowest BCUT2D eigenvalue weighted by Gasteiger charge is -2.12. The predicted molar refractivity (Wildman–Crippen MR) is 108 cm³/mol. The van der Waals surface area contributed by atoms with Crippen LogP contribution in [0.3, 0.4) is 0 Å². The zero-order valence-electron chi connectivity index (χ0n) is 15.6. The zero-order chi connectivity index (χ0) is 17.9. The number of hydrogen-bond donors (Lipinski definition) is 2. The van der Waals surface area contributed by atoms with Crippen molar-refractivity contribution in [2.45, 2.75) is 58.8 Å². The van der Waals surface area contributed by atoms with Gasteiger partial charge in [-0.3, -0.25) is 5.41 Å². The highest BCUT2D eigenvalue weighted by Gasteiger charge is 2.10. The second kappa shape index (κ2) is 10.7. The standard InChI is InChI=1S/C22H31N3/c1-3-5-6-7-8-9-16-24-22-20(11-10-17-25-22)21(23)19-14-12-18(4-2)13-15-19/h10-15,17,23H,3-9,16H2,1-2H3,(H,24,25). The summed E-state index contributed by atoms with van der Waals surface area (Å²) < 4.78 is 0. The average Bonchev–Trinajstić information content (AvgIpc) is 2.67. The molecule has 0 amide bonds. The van der Waals surface area contributed by atoms with Crippen molar-refractivity contribution >= 4 is 11.5 Å². The first kappa shape index (κ1) is 19.2. The number of pyridine rings is 1. The van der Waals surface area contributed by atoms with Gasteiger partial charge in [-0.25, -0.2) is 4.98 Å². The van der Waals surface area contributed by atoms with Crippen molar-refractivity contribution in [1.82, 2.24) is 4.98 Å². The van der Waals surface area contributed by atoms with Crippen LogP contribution in [0, 0.1) is 5.41 Å². The molecule has 0 aliphatic rings. The molecule has 1 heterocycles. The number of unbranched alkanes of at least 4 members (excludes halogenated alkanes) is 5. The van der Waals surface area contributed by atoms with E-state index < -0.39 is 0 Å². The first-order chi connectivity index (χ1) is 12.3. The fourth-order valence-corrected chi connectivity index (χ4v) is 2.92. The van der Waals surface area contributed by atoms with Crippen LogP contribution in [0.25, 0.3) is 0 Å². The van der Waals surface area contributed by atoms with E-state index in [1.807, 2.05) is 24.3 Å². The Labute approximate surface area is 152 Å². The number of benzene rings is 1. The Hall–Kier alpha value is -2.16. The number of aryl methyl sites for hydroxylation is 1. The van der Waals surface area contributed by atoms with Crippen molar-refractivity contribution in [3.8, 4) is 0 Å². The summed E-state index contributed by atoms with van der Waals surface area (Å²) in [5.41, 5.74) is 3.64. The van der Waals surface area contributed by atoms with Gasteiger partial charge in [-0.1, -0.05) is 70.2 Å². The summed E-state index contributed by atoms with van der Waals surface area (Å²) in [5, 5.41) is 12.0. The molecule has 0 aliphatic heterocycles. The van der Waals surface area contributed by atoms with E-state index in [1.165, 1.54) is 37.7 Å². The molecule has 0 aliphatic carbocycles. The van der Waals surface area contributed by atoms with Crippen LogP contribution in [0.4, 0.5) is 5.82 Å². The van der Waals surface area contributed by atoms with Gasteiger partial charge >= 0.3 is 0 Å². The van der Waals surface area contributed by atoms with Crippen molar-refractivity contribution in [1.29, 1.82) is 5.41 Å². The molecule has 0 fully saturated rings. The number of nitrogens with one attached hydrogen (secondary N) is 2. The summed E-state index contributed by atoms with van der Waals surface area (Å²) in [7, 11) is 0. The van der Waals surface area contributed by atoms with Gasteiger partial charge < -0.3 is 5.32 Å². The lowest BCUT2D eigenvalue weighted by Crippen LogP contribution is -2.10. The third-order valence-electron chi connectivity index (χ3n) is 4.55. The third-order valence-corrected chi connectivity index (χ3v) is 4.55. The van der Waals surface area contributed by atoms with Gasteiger partial charge in [0.15, 0.2) is 0 Å². The molecule has 2 N–H and O–H groups in total. The molecular formula is C22H31N3. The Morgan fingerprint density at radius 1 is 0.960 bits per heavy atom. The van der Waals surface area contributed by atoms with Gasteiger partial charge in [0, 0.05) is 23.9 Å². The molecule has 0 saturated heterocycles. The molecule has 2 aromatic rings. The molecule has 0 unspecified atom stereocenters. The molecule has 0 bridgehead atoms. The van der Waals surface area contributed by atoms with Crippen LogP contribution in [-0.4, -0.2) is 17.2 Å². The first-order valence-corrected chi connectivity index (χ1v) is 9.63. The predicted octanol–water partition coefficient (Wildman–Crippen LogP) is 5.83. The number of nitrogens with zero attached hydrogens (tertiary/aromatic N) is 1. The lowest BCUT2D eigenvalue weighted by atomic mass is 10.0. The fourth-order valence-electron chi connectivity index (χ4n) is 2.92. The van der Waals surface area contributed by atoms with Crippen molar-refractivity contribution in [3.05, 3.63) is 59.3 Å². The van der Waals surface area contributed by atoms with Gasteiger partial charge in [0.2, 0.25) is 0 Å². The largest absolute Gasteiger partial charge is 0.370 e. The first-order valence-electron chi connectivity index (χ1n) is 9.63. The number of hydrogen-bond acceptors (Lipinski definition) is 3. The van der Waals surface area contributed by atoms with Crippen molar-refractivity contribution in [2.75, 3.05) is 11.9 Å². The van der Waals surface area contributed by atoms with E-state index in [0.29, 0.717) is 5.71 Å². The van der Waals surface area contributed by atoms with Gasteiger partial charge in [-0.2, -0.15) is 0 Å². The average molecular weight is 338 g/mol. The van der Waals surface area contributed by atoms with E-state index in [4.69, 9.17) is 5.41 Å². The lowest BCUT2D eigenvalue weighted by molar-refractivity contribution is 0.617. The summed E-state index contributed by atoms with van der Waals surface area (Å²) >= 11 is 0. The summed E-state index contributed by atoms with van der Waals surface area (Å²) in [4.78, 5) is 4.45. The third kappa shape index (κ3) is 6.00. The Balaban J connectivity index is 1.93. The van der Waals surface area contributed by atoms with Crippen LogP contribution in [0.2, 0.25) is 0 Å². The summed E-state index contributed by atoms with van der Waals surface area (Å²) in [5.74, 6) is 0.820. The zero-order valence-corrected chi connectivity index (χ0v) is 15.6. The minimum Gasteiger partial charge on any atom is -0.370 e. The van der Waals surface area contributed by atoms with E-state index >= 15 is 0 Å². The van der Waals surface area contributed by atoms with Crippen LogP contribution < -0.4 is 5.32 Å². The smallest absolute Gasteiger partial charge is 0.135 e. The summed E-state index contributed by atoms with van der Waals surface area (Å²) in [6.45, 7) is 5.30. The van der Waals surface area contributed by atoms with E-state index in [2.05, 4.69) is 36.3 Å². The van der Waals surface area contributed by atoms with E-state index in [-0.39, 0.29) is 0 Å². The summed E-state index contributed by atoms with van der Waals surface area (Å²) in [6, 6.07) is 12.2. The van der Waals surface area contributed by atoms with Crippen molar-refractivity contribution in [2.24, 2.45) is 0 Å². The molecule has 3 nitrogen and oxygen atoms in total. The van der Waals surface area contributed by atoms with Crippen molar-refractivity contribution in [3.63, 3.8) is 0 Å².